The molecule has 19 heavy (non-hydrogen) atoms. The second-order valence-electron chi connectivity index (χ2n) is 4.24. The largest absolute Gasteiger partial charge is 0.311 e. The molecule has 0 amide bonds. The molecule has 0 fully saturated rings. The van der Waals surface area contributed by atoms with Crippen LogP contribution in [0.1, 0.15) is 39.0 Å². The molecule has 1 aromatic heterocycles. The Morgan fingerprint density at radius 1 is 1.32 bits per heavy atom. The number of nitriles is 1. The van der Waals surface area contributed by atoms with E-state index in [0.717, 1.165) is 17.7 Å². The lowest BCUT2D eigenvalue weighted by molar-refractivity contribution is 0.101. The van der Waals surface area contributed by atoms with Crippen molar-refractivity contribution in [1.82, 2.24) is 4.57 Å². The Balaban J connectivity index is 2.63. The first-order valence-electron chi connectivity index (χ1n) is 5.77. The molecule has 0 aliphatic carbocycles. The van der Waals surface area contributed by atoms with Gasteiger partial charge in [-0.3, -0.25) is 9.59 Å². The van der Waals surface area contributed by atoms with E-state index in [0.29, 0.717) is 16.8 Å². The fraction of sp³-hybridized carbons (Fsp3) is 0.133. The second-order valence-corrected chi connectivity index (χ2v) is 4.24. The van der Waals surface area contributed by atoms with Crippen LogP contribution in [0.3, 0.4) is 0 Å². The van der Waals surface area contributed by atoms with Crippen molar-refractivity contribution in [3.63, 3.8) is 0 Å². The molecular weight excluding hydrogens is 240 g/mol. The Kier molecular flexibility index (Phi) is 3.30. The third-order valence-corrected chi connectivity index (χ3v) is 3.03. The van der Waals surface area contributed by atoms with E-state index >= 15 is 0 Å². The Bertz CT molecular complexity index is 688. The number of aldehydes is 1. The molecule has 1 heterocycles. The highest BCUT2D eigenvalue weighted by atomic mass is 16.1. The summed E-state index contributed by atoms with van der Waals surface area (Å²) in [6, 6.07) is 10.5. The van der Waals surface area contributed by atoms with Crippen LogP contribution in [0.25, 0.3) is 5.69 Å². The molecule has 0 unspecified atom stereocenters. The van der Waals surface area contributed by atoms with Gasteiger partial charge in [0.25, 0.3) is 0 Å². The Morgan fingerprint density at radius 2 is 1.95 bits per heavy atom. The van der Waals surface area contributed by atoms with Crippen LogP contribution in [0.15, 0.2) is 30.3 Å². The zero-order chi connectivity index (χ0) is 14.0. The van der Waals surface area contributed by atoms with Crippen LogP contribution in [-0.4, -0.2) is 16.6 Å². The van der Waals surface area contributed by atoms with Gasteiger partial charge >= 0.3 is 0 Å². The summed E-state index contributed by atoms with van der Waals surface area (Å²) in [5, 5.41) is 8.77. The summed E-state index contributed by atoms with van der Waals surface area (Å²) in [5.74, 6) is -0.0759. The topological polar surface area (TPSA) is 62.9 Å². The number of carbonyl (C=O) groups excluding carboxylic acids is 2. The molecule has 2 aromatic rings. The van der Waals surface area contributed by atoms with Crippen molar-refractivity contribution in [2.45, 2.75) is 13.8 Å². The van der Waals surface area contributed by atoms with Gasteiger partial charge in [-0.1, -0.05) is 0 Å². The number of aromatic nitrogens is 1. The summed E-state index contributed by atoms with van der Waals surface area (Å²) < 4.78 is 1.71. The number of carbonyl (C=O) groups is 2. The molecule has 0 atom stereocenters. The standard InChI is InChI=1S/C15H12N2O2/c1-10-15(11(2)19)7-14(9-18)17(10)13-5-3-12(8-16)4-6-13/h3-7,9H,1-2H3. The summed E-state index contributed by atoms with van der Waals surface area (Å²) >= 11 is 0. The minimum absolute atomic E-state index is 0.0759. The number of Topliss-reactive ketones (excluding diaryl/α,β-unsaturated/α-hetero) is 1. The summed E-state index contributed by atoms with van der Waals surface area (Å²) in [5.41, 5.74) is 2.98. The highest BCUT2D eigenvalue weighted by Crippen LogP contribution is 2.21. The predicted octanol–water partition coefficient (Wildman–Crippen LogP) is 2.67. The van der Waals surface area contributed by atoms with Gasteiger partial charge in [0.1, 0.15) is 0 Å². The molecule has 2 rings (SSSR count). The second kappa shape index (κ2) is 4.91. The maximum atomic E-state index is 11.5. The van der Waals surface area contributed by atoms with Crippen molar-refractivity contribution in [2.24, 2.45) is 0 Å². The van der Waals surface area contributed by atoms with E-state index in [2.05, 4.69) is 0 Å². The van der Waals surface area contributed by atoms with E-state index < -0.39 is 0 Å². The zero-order valence-corrected chi connectivity index (χ0v) is 10.7. The van der Waals surface area contributed by atoms with Crippen LogP contribution in [0.4, 0.5) is 0 Å². The monoisotopic (exact) mass is 252 g/mol. The fourth-order valence-corrected chi connectivity index (χ4v) is 2.10. The van der Waals surface area contributed by atoms with Crippen LogP contribution in [0, 0.1) is 18.3 Å². The highest BCUT2D eigenvalue weighted by molar-refractivity contribution is 5.97. The van der Waals surface area contributed by atoms with Gasteiger partial charge in [-0.15, -0.1) is 0 Å². The smallest absolute Gasteiger partial charge is 0.166 e. The van der Waals surface area contributed by atoms with Gasteiger partial charge in [-0.2, -0.15) is 5.26 Å². The molecule has 4 heteroatoms. The number of hydrogen-bond acceptors (Lipinski definition) is 3. The van der Waals surface area contributed by atoms with Crippen molar-refractivity contribution >= 4 is 12.1 Å². The van der Waals surface area contributed by atoms with Gasteiger partial charge in [0.2, 0.25) is 0 Å². The molecule has 94 valence electrons. The lowest BCUT2D eigenvalue weighted by Gasteiger charge is -2.08. The first-order valence-corrected chi connectivity index (χ1v) is 5.77. The van der Waals surface area contributed by atoms with Crippen LogP contribution < -0.4 is 0 Å². The van der Waals surface area contributed by atoms with Gasteiger partial charge in [0.05, 0.1) is 17.3 Å². The number of rotatable bonds is 3. The fourth-order valence-electron chi connectivity index (χ4n) is 2.10. The van der Waals surface area contributed by atoms with E-state index in [1.54, 1.807) is 41.8 Å². The molecule has 0 aliphatic heterocycles. The highest BCUT2D eigenvalue weighted by Gasteiger charge is 2.15. The third-order valence-electron chi connectivity index (χ3n) is 3.03. The number of hydrogen-bond donors (Lipinski definition) is 0. The Labute approximate surface area is 110 Å². The van der Waals surface area contributed by atoms with Crippen molar-refractivity contribution in [3.05, 3.63) is 52.8 Å². The summed E-state index contributed by atoms with van der Waals surface area (Å²) in [7, 11) is 0. The quantitative estimate of drug-likeness (QED) is 0.623. The molecule has 0 spiro atoms. The summed E-state index contributed by atoms with van der Waals surface area (Å²) in [6.07, 6.45) is 0.720. The van der Waals surface area contributed by atoms with Crippen LogP contribution >= 0.6 is 0 Å². The molecular formula is C15H12N2O2. The molecule has 0 radical (unpaired) electrons. The average molecular weight is 252 g/mol. The van der Waals surface area contributed by atoms with Crippen molar-refractivity contribution in [3.8, 4) is 11.8 Å². The molecule has 1 aromatic carbocycles. The van der Waals surface area contributed by atoms with Crippen LogP contribution in [0.5, 0.6) is 0 Å². The van der Waals surface area contributed by atoms with Gasteiger partial charge in [-0.25, -0.2) is 0 Å². The Hall–Kier alpha value is -2.67. The lowest BCUT2D eigenvalue weighted by atomic mass is 10.2. The van der Waals surface area contributed by atoms with Crippen molar-refractivity contribution in [1.29, 1.82) is 5.26 Å². The van der Waals surface area contributed by atoms with E-state index in [1.165, 1.54) is 6.92 Å². The minimum Gasteiger partial charge on any atom is -0.311 e. The summed E-state index contributed by atoms with van der Waals surface area (Å²) in [6.45, 7) is 3.27. The van der Waals surface area contributed by atoms with Crippen molar-refractivity contribution in [2.75, 3.05) is 0 Å². The van der Waals surface area contributed by atoms with E-state index in [9.17, 15) is 9.59 Å². The first kappa shape index (κ1) is 12.8. The summed E-state index contributed by atoms with van der Waals surface area (Å²) in [4.78, 5) is 22.6. The number of nitrogens with zero attached hydrogens (tertiary/aromatic N) is 2. The van der Waals surface area contributed by atoms with Crippen LogP contribution in [0.2, 0.25) is 0 Å². The first-order chi connectivity index (χ1) is 9.08. The van der Waals surface area contributed by atoms with Gasteiger partial charge in [0.15, 0.2) is 12.1 Å². The van der Waals surface area contributed by atoms with Gasteiger partial charge < -0.3 is 4.57 Å². The SMILES string of the molecule is CC(=O)c1cc(C=O)n(-c2ccc(C#N)cc2)c1C. The molecule has 0 bridgehead atoms. The molecule has 0 aliphatic rings. The molecule has 0 saturated carbocycles. The van der Waals surface area contributed by atoms with Crippen LogP contribution in [-0.2, 0) is 0 Å². The average Bonchev–Trinajstić information content (AvgIpc) is 2.76. The molecule has 0 N–H and O–H groups in total. The van der Waals surface area contributed by atoms with Gasteiger partial charge in [-0.05, 0) is 44.2 Å². The normalized spacial score (nSPS) is 9.95. The number of ketones is 1. The van der Waals surface area contributed by atoms with E-state index in [1.807, 2.05) is 6.07 Å². The molecule has 4 nitrogen and oxygen atoms in total. The maximum absolute atomic E-state index is 11.5. The predicted molar refractivity (Wildman–Crippen MR) is 70.6 cm³/mol. The van der Waals surface area contributed by atoms with E-state index in [-0.39, 0.29) is 5.78 Å². The number of benzene rings is 1. The van der Waals surface area contributed by atoms with E-state index in [4.69, 9.17) is 5.26 Å². The Morgan fingerprint density at radius 3 is 2.42 bits per heavy atom. The lowest BCUT2D eigenvalue weighted by Crippen LogP contribution is -2.02. The van der Waals surface area contributed by atoms with Gasteiger partial charge in [0, 0.05) is 16.9 Å². The molecule has 0 saturated heterocycles. The van der Waals surface area contributed by atoms with Crippen molar-refractivity contribution < 1.29 is 9.59 Å². The minimum atomic E-state index is -0.0759. The zero-order valence-electron chi connectivity index (χ0n) is 10.7. The maximum Gasteiger partial charge on any atom is 0.166 e. The third kappa shape index (κ3) is 2.18.